The molecule has 1 aromatic rings. The molecule has 0 radical (unpaired) electrons. The number of likely N-dealkylation sites (tertiary alicyclic amines) is 1. The summed E-state index contributed by atoms with van der Waals surface area (Å²) in [4.78, 5) is 14.3. The molecule has 0 saturated carbocycles. The highest BCUT2D eigenvalue weighted by Gasteiger charge is 2.34. The minimum Gasteiger partial charge on any atom is -0.338 e. The number of rotatable bonds is 1. The van der Waals surface area contributed by atoms with Crippen LogP contribution in [0.2, 0.25) is 0 Å². The van der Waals surface area contributed by atoms with Crippen LogP contribution in [0.3, 0.4) is 0 Å². The topological polar surface area (TPSA) is 32.3 Å². The summed E-state index contributed by atoms with van der Waals surface area (Å²) in [6.45, 7) is 5.37. The lowest BCUT2D eigenvalue weighted by Crippen LogP contribution is -2.43. The fourth-order valence-corrected chi connectivity index (χ4v) is 3.13. The third kappa shape index (κ3) is 2.81. The first-order chi connectivity index (χ1) is 9.15. The molecule has 2 fully saturated rings. The van der Waals surface area contributed by atoms with Gasteiger partial charge in [0.1, 0.15) is 5.82 Å². The average Bonchev–Trinajstić information content (AvgIpc) is 2.88. The van der Waals surface area contributed by atoms with Crippen molar-refractivity contribution < 1.29 is 9.18 Å². The van der Waals surface area contributed by atoms with Gasteiger partial charge in [-0.3, -0.25) is 4.79 Å². The molecule has 3 rings (SSSR count). The van der Waals surface area contributed by atoms with Crippen LogP contribution in [0.15, 0.2) is 18.2 Å². The van der Waals surface area contributed by atoms with E-state index in [0.29, 0.717) is 23.0 Å². The second kappa shape index (κ2) is 6.10. The molecular weight excluding hydrogens is 279 g/mol. The largest absolute Gasteiger partial charge is 0.338 e. The van der Waals surface area contributed by atoms with Crippen LogP contribution in [0, 0.1) is 24.6 Å². The van der Waals surface area contributed by atoms with Crippen LogP contribution in [0.1, 0.15) is 22.3 Å². The van der Waals surface area contributed by atoms with E-state index in [1.165, 1.54) is 6.07 Å². The maximum atomic E-state index is 13.5. The molecular formula is C15H20ClFN2O. The van der Waals surface area contributed by atoms with E-state index in [0.717, 1.165) is 32.6 Å². The average molecular weight is 299 g/mol. The van der Waals surface area contributed by atoms with Crippen molar-refractivity contribution >= 4 is 18.3 Å². The number of carbonyl (C=O) groups is 1. The zero-order valence-electron chi connectivity index (χ0n) is 11.6. The Kier molecular flexibility index (Phi) is 4.66. The highest BCUT2D eigenvalue weighted by atomic mass is 35.5. The quantitative estimate of drug-likeness (QED) is 0.862. The molecule has 3 nitrogen and oxygen atoms in total. The van der Waals surface area contributed by atoms with Gasteiger partial charge >= 0.3 is 0 Å². The molecule has 2 unspecified atom stereocenters. The van der Waals surface area contributed by atoms with Gasteiger partial charge in [-0.2, -0.15) is 0 Å². The Hall–Kier alpha value is -1.13. The van der Waals surface area contributed by atoms with Gasteiger partial charge in [0.25, 0.3) is 5.91 Å². The molecule has 0 aromatic heterocycles. The smallest absolute Gasteiger partial charge is 0.253 e. The summed E-state index contributed by atoms with van der Waals surface area (Å²) in [5, 5.41) is 3.38. The number of carbonyl (C=O) groups excluding carboxylic acids is 1. The Balaban J connectivity index is 0.00000147. The molecule has 5 heteroatoms. The highest BCUT2D eigenvalue weighted by Crippen LogP contribution is 2.27. The fourth-order valence-electron chi connectivity index (χ4n) is 3.13. The first-order valence-electron chi connectivity index (χ1n) is 6.91. The molecule has 0 bridgehead atoms. The summed E-state index contributed by atoms with van der Waals surface area (Å²) < 4.78 is 13.5. The molecule has 0 spiro atoms. The number of aryl methyl sites for hydroxylation is 1. The van der Waals surface area contributed by atoms with Crippen LogP contribution in [0.25, 0.3) is 0 Å². The number of piperidine rings is 1. The number of nitrogens with zero attached hydrogens (tertiary/aromatic N) is 1. The Labute approximate surface area is 124 Å². The summed E-state index contributed by atoms with van der Waals surface area (Å²) in [7, 11) is 0. The number of fused-ring (bicyclic) bond motifs is 1. The van der Waals surface area contributed by atoms with E-state index >= 15 is 0 Å². The Morgan fingerprint density at radius 2 is 2.10 bits per heavy atom. The van der Waals surface area contributed by atoms with Crippen molar-refractivity contribution in [2.24, 2.45) is 11.8 Å². The van der Waals surface area contributed by atoms with Gasteiger partial charge in [-0.25, -0.2) is 4.39 Å². The molecule has 2 atom stereocenters. The lowest BCUT2D eigenvalue weighted by Gasteiger charge is -2.34. The number of nitrogens with one attached hydrogen (secondary N) is 1. The SMILES string of the molecule is Cc1ccc(C(=O)N2CCC3CNCC3C2)cc1F.Cl. The Morgan fingerprint density at radius 3 is 2.85 bits per heavy atom. The lowest BCUT2D eigenvalue weighted by atomic mass is 9.88. The van der Waals surface area contributed by atoms with Gasteiger partial charge in [-0.05, 0) is 56.0 Å². The number of halogens is 2. The molecule has 20 heavy (non-hydrogen) atoms. The molecule has 1 aromatic carbocycles. The lowest BCUT2D eigenvalue weighted by molar-refractivity contribution is 0.0642. The minimum atomic E-state index is -0.303. The third-order valence-corrected chi connectivity index (χ3v) is 4.41. The fraction of sp³-hybridized carbons (Fsp3) is 0.533. The van der Waals surface area contributed by atoms with E-state index in [2.05, 4.69) is 5.32 Å². The first-order valence-corrected chi connectivity index (χ1v) is 6.91. The molecule has 2 saturated heterocycles. The van der Waals surface area contributed by atoms with Crippen LogP contribution < -0.4 is 5.32 Å². The highest BCUT2D eigenvalue weighted by molar-refractivity contribution is 5.94. The normalized spacial score (nSPS) is 25.0. The van der Waals surface area contributed by atoms with Gasteiger partial charge in [-0.1, -0.05) is 6.07 Å². The van der Waals surface area contributed by atoms with Gasteiger partial charge in [-0.15, -0.1) is 12.4 Å². The summed E-state index contributed by atoms with van der Waals surface area (Å²) in [5.74, 6) is 0.930. The number of hydrogen-bond donors (Lipinski definition) is 1. The van der Waals surface area contributed by atoms with Crippen LogP contribution in [-0.4, -0.2) is 37.0 Å². The van der Waals surface area contributed by atoms with Crippen LogP contribution in [-0.2, 0) is 0 Å². The van der Waals surface area contributed by atoms with Crippen LogP contribution in [0.4, 0.5) is 4.39 Å². The molecule has 1 N–H and O–H groups in total. The van der Waals surface area contributed by atoms with Crippen molar-refractivity contribution in [3.8, 4) is 0 Å². The molecule has 2 heterocycles. The van der Waals surface area contributed by atoms with Crippen molar-refractivity contribution in [2.75, 3.05) is 26.2 Å². The van der Waals surface area contributed by atoms with Crippen molar-refractivity contribution in [3.63, 3.8) is 0 Å². The van der Waals surface area contributed by atoms with Gasteiger partial charge in [0.2, 0.25) is 0 Å². The number of hydrogen-bond acceptors (Lipinski definition) is 2. The van der Waals surface area contributed by atoms with Crippen molar-refractivity contribution in [2.45, 2.75) is 13.3 Å². The predicted octanol–water partition coefficient (Wildman–Crippen LogP) is 2.24. The van der Waals surface area contributed by atoms with Crippen LogP contribution in [0.5, 0.6) is 0 Å². The maximum absolute atomic E-state index is 13.5. The van der Waals surface area contributed by atoms with E-state index < -0.39 is 0 Å². The van der Waals surface area contributed by atoms with Gasteiger partial charge in [0.05, 0.1) is 0 Å². The summed E-state index contributed by atoms with van der Waals surface area (Å²) >= 11 is 0. The minimum absolute atomic E-state index is 0. The number of amides is 1. The van der Waals surface area contributed by atoms with Crippen molar-refractivity contribution in [3.05, 3.63) is 35.1 Å². The molecule has 0 aliphatic carbocycles. The van der Waals surface area contributed by atoms with E-state index in [4.69, 9.17) is 0 Å². The molecule has 2 aliphatic rings. The third-order valence-electron chi connectivity index (χ3n) is 4.41. The van der Waals surface area contributed by atoms with E-state index in [9.17, 15) is 9.18 Å². The molecule has 110 valence electrons. The first kappa shape index (κ1) is 15.3. The summed E-state index contributed by atoms with van der Waals surface area (Å²) in [5.41, 5.74) is 1.04. The summed E-state index contributed by atoms with van der Waals surface area (Å²) in [6, 6.07) is 4.75. The summed E-state index contributed by atoms with van der Waals surface area (Å²) in [6.07, 6.45) is 1.05. The van der Waals surface area contributed by atoms with E-state index in [-0.39, 0.29) is 24.1 Å². The van der Waals surface area contributed by atoms with E-state index in [1.54, 1.807) is 19.1 Å². The van der Waals surface area contributed by atoms with Gasteiger partial charge in [0.15, 0.2) is 0 Å². The zero-order chi connectivity index (χ0) is 13.4. The van der Waals surface area contributed by atoms with Gasteiger partial charge < -0.3 is 10.2 Å². The monoisotopic (exact) mass is 298 g/mol. The van der Waals surface area contributed by atoms with Crippen LogP contribution >= 0.6 is 12.4 Å². The molecule has 1 amide bonds. The predicted molar refractivity (Wildman–Crippen MR) is 78.8 cm³/mol. The standard InChI is InChI=1S/C15H19FN2O.ClH/c1-10-2-3-11(6-14(10)16)15(19)18-5-4-12-7-17-8-13(12)9-18;/h2-3,6,12-13,17H,4-5,7-9H2,1H3;1H. The maximum Gasteiger partial charge on any atom is 0.253 e. The zero-order valence-corrected chi connectivity index (χ0v) is 12.4. The number of benzene rings is 1. The van der Waals surface area contributed by atoms with Gasteiger partial charge in [0, 0.05) is 18.7 Å². The Bertz CT molecular complexity index is 509. The van der Waals surface area contributed by atoms with Crippen molar-refractivity contribution in [1.29, 1.82) is 0 Å². The molecule has 2 aliphatic heterocycles. The van der Waals surface area contributed by atoms with E-state index in [1.807, 2.05) is 4.90 Å². The second-order valence-corrected chi connectivity index (χ2v) is 5.68. The Morgan fingerprint density at radius 1 is 1.35 bits per heavy atom. The van der Waals surface area contributed by atoms with Crippen molar-refractivity contribution in [1.82, 2.24) is 10.2 Å². The second-order valence-electron chi connectivity index (χ2n) is 5.68.